The highest BCUT2D eigenvalue weighted by Crippen LogP contribution is 2.29. The van der Waals surface area contributed by atoms with Gasteiger partial charge in [0.15, 0.2) is 0 Å². The van der Waals surface area contributed by atoms with Crippen molar-refractivity contribution in [2.75, 3.05) is 13.1 Å². The van der Waals surface area contributed by atoms with Gasteiger partial charge in [-0.25, -0.2) is 0 Å². The minimum atomic E-state index is 0.0561. The molecule has 0 saturated carbocycles. The Bertz CT molecular complexity index is 844. The van der Waals surface area contributed by atoms with Gasteiger partial charge in [-0.05, 0) is 31.0 Å². The number of amides is 1. The lowest BCUT2D eigenvalue weighted by Crippen LogP contribution is -2.39. The van der Waals surface area contributed by atoms with Gasteiger partial charge in [0.1, 0.15) is 0 Å². The lowest BCUT2D eigenvalue weighted by Gasteiger charge is -2.32. The summed E-state index contributed by atoms with van der Waals surface area (Å²) in [6.45, 7) is 1.51. The Morgan fingerprint density at radius 1 is 1.16 bits per heavy atom. The van der Waals surface area contributed by atoms with Crippen molar-refractivity contribution in [3.05, 3.63) is 72.2 Å². The number of hydrogen-bond acceptors (Lipinski definition) is 3. The largest absolute Gasteiger partial charge is 0.338 e. The molecule has 0 spiro atoms. The van der Waals surface area contributed by atoms with E-state index in [4.69, 9.17) is 0 Å². The number of aromatic amines is 1. The van der Waals surface area contributed by atoms with E-state index in [9.17, 15) is 4.79 Å². The number of H-pyrrole nitrogens is 1. The number of aromatic nitrogens is 3. The molecule has 2 aromatic heterocycles. The Hall–Kier alpha value is -2.95. The average Bonchev–Trinajstić information content (AvgIpc) is 3.19. The first-order valence-electron chi connectivity index (χ1n) is 8.61. The van der Waals surface area contributed by atoms with Gasteiger partial charge in [0.2, 0.25) is 0 Å². The molecule has 0 bridgehead atoms. The van der Waals surface area contributed by atoms with E-state index < -0.39 is 0 Å². The summed E-state index contributed by atoms with van der Waals surface area (Å²) in [5, 5.41) is 7.62. The van der Waals surface area contributed by atoms with Crippen LogP contribution in [-0.4, -0.2) is 39.1 Å². The number of rotatable bonds is 3. The predicted molar refractivity (Wildman–Crippen MR) is 96.1 cm³/mol. The predicted octanol–water partition coefficient (Wildman–Crippen LogP) is 3.49. The van der Waals surface area contributed by atoms with E-state index in [2.05, 4.69) is 33.4 Å². The second kappa shape index (κ2) is 6.89. The monoisotopic (exact) mass is 332 g/mol. The topological polar surface area (TPSA) is 61.9 Å². The van der Waals surface area contributed by atoms with Crippen molar-refractivity contribution in [1.29, 1.82) is 0 Å². The fourth-order valence-electron chi connectivity index (χ4n) is 3.39. The number of hydrogen-bond donors (Lipinski definition) is 1. The number of carbonyl (C=O) groups is 1. The van der Waals surface area contributed by atoms with Crippen LogP contribution in [0.25, 0.3) is 11.3 Å². The van der Waals surface area contributed by atoms with E-state index in [1.807, 2.05) is 29.2 Å². The molecule has 0 radical (unpaired) electrons. The molecule has 126 valence electrons. The van der Waals surface area contributed by atoms with Gasteiger partial charge in [-0.15, -0.1) is 0 Å². The first-order valence-corrected chi connectivity index (χ1v) is 8.61. The molecule has 3 heterocycles. The van der Waals surface area contributed by atoms with Gasteiger partial charge >= 0.3 is 0 Å². The standard InChI is InChI=1S/C20H20N4O/c25-20(16-8-4-10-21-13-16)24-11-5-9-17(14-24)19-12-18(22-23-19)15-6-2-1-3-7-15/h1-4,6-8,10,12-13,17H,5,9,11,14H2,(H,22,23)/t17-/m1/s1. The molecule has 1 aromatic carbocycles. The highest BCUT2D eigenvalue weighted by Gasteiger charge is 2.26. The third kappa shape index (κ3) is 3.31. The van der Waals surface area contributed by atoms with E-state index in [1.165, 1.54) is 0 Å². The molecule has 3 aromatic rings. The van der Waals surface area contributed by atoms with Gasteiger partial charge in [0.25, 0.3) is 5.91 Å². The normalized spacial score (nSPS) is 17.4. The molecule has 5 nitrogen and oxygen atoms in total. The van der Waals surface area contributed by atoms with E-state index in [1.54, 1.807) is 18.5 Å². The first-order chi connectivity index (χ1) is 12.3. The van der Waals surface area contributed by atoms with Crippen molar-refractivity contribution < 1.29 is 4.79 Å². The molecular formula is C20H20N4O. The van der Waals surface area contributed by atoms with Gasteiger partial charge in [-0.1, -0.05) is 30.3 Å². The highest BCUT2D eigenvalue weighted by atomic mass is 16.2. The summed E-state index contributed by atoms with van der Waals surface area (Å²) in [5.41, 5.74) is 3.80. The Kier molecular flexibility index (Phi) is 4.29. The molecule has 1 aliphatic heterocycles. The lowest BCUT2D eigenvalue weighted by atomic mass is 9.94. The van der Waals surface area contributed by atoms with Crippen LogP contribution in [0.5, 0.6) is 0 Å². The number of nitrogens with one attached hydrogen (secondary N) is 1. The number of benzene rings is 1. The average molecular weight is 332 g/mol. The van der Waals surface area contributed by atoms with Gasteiger partial charge in [0, 0.05) is 42.7 Å². The molecule has 0 unspecified atom stereocenters. The van der Waals surface area contributed by atoms with Crippen LogP contribution in [0.3, 0.4) is 0 Å². The maximum atomic E-state index is 12.7. The third-order valence-corrected chi connectivity index (χ3v) is 4.72. The quantitative estimate of drug-likeness (QED) is 0.798. The van der Waals surface area contributed by atoms with Gasteiger partial charge < -0.3 is 4.90 Å². The zero-order valence-corrected chi connectivity index (χ0v) is 13.9. The summed E-state index contributed by atoms with van der Waals surface area (Å²) in [6, 6.07) is 15.9. The summed E-state index contributed by atoms with van der Waals surface area (Å²) in [5.74, 6) is 0.347. The van der Waals surface area contributed by atoms with Crippen LogP contribution >= 0.6 is 0 Å². The van der Waals surface area contributed by atoms with Crippen LogP contribution in [0, 0.1) is 0 Å². The molecule has 1 saturated heterocycles. The highest BCUT2D eigenvalue weighted by molar-refractivity contribution is 5.94. The Balaban J connectivity index is 1.50. The van der Waals surface area contributed by atoms with E-state index in [-0.39, 0.29) is 5.91 Å². The molecule has 1 N–H and O–H groups in total. The van der Waals surface area contributed by atoms with Crippen LogP contribution in [-0.2, 0) is 0 Å². The maximum absolute atomic E-state index is 12.7. The van der Waals surface area contributed by atoms with Crippen LogP contribution in [0.15, 0.2) is 60.9 Å². The summed E-state index contributed by atoms with van der Waals surface area (Å²) < 4.78 is 0. The van der Waals surface area contributed by atoms with Crippen molar-refractivity contribution in [1.82, 2.24) is 20.1 Å². The van der Waals surface area contributed by atoms with Crippen molar-refractivity contribution in [2.45, 2.75) is 18.8 Å². The van der Waals surface area contributed by atoms with Crippen molar-refractivity contribution >= 4 is 5.91 Å². The van der Waals surface area contributed by atoms with Crippen LogP contribution in [0.2, 0.25) is 0 Å². The Morgan fingerprint density at radius 2 is 2.04 bits per heavy atom. The Labute approximate surface area is 146 Å². The van der Waals surface area contributed by atoms with Crippen molar-refractivity contribution in [3.8, 4) is 11.3 Å². The van der Waals surface area contributed by atoms with Crippen molar-refractivity contribution in [2.24, 2.45) is 0 Å². The van der Waals surface area contributed by atoms with Crippen LogP contribution < -0.4 is 0 Å². The lowest BCUT2D eigenvalue weighted by molar-refractivity contribution is 0.0705. The van der Waals surface area contributed by atoms with Crippen molar-refractivity contribution in [3.63, 3.8) is 0 Å². The Morgan fingerprint density at radius 3 is 2.84 bits per heavy atom. The van der Waals surface area contributed by atoms with Gasteiger partial charge in [0.05, 0.1) is 11.3 Å². The fourth-order valence-corrected chi connectivity index (χ4v) is 3.39. The molecular weight excluding hydrogens is 312 g/mol. The SMILES string of the molecule is O=C(c1cccnc1)N1CCC[C@@H](c2cc(-c3ccccc3)n[nH]2)C1. The van der Waals surface area contributed by atoms with E-state index in [0.29, 0.717) is 18.0 Å². The third-order valence-electron chi connectivity index (χ3n) is 4.72. The first kappa shape index (κ1) is 15.6. The smallest absolute Gasteiger partial charge is 0.255 e. The second-order valence-corrected chi connectivity index (χ2v) is 6.41. The maximum Gasteiger partial charge on any atom is 0.255 e. The molecule has 5 heteroatoms. The molecule has 0 aliphatic carbocycles. The number of carbonyl (C=O) groups excluding carboxylic acids is 1. The zero-order chi connectivity index (χ0) is 17.1. The van der Waals surface area contributed by atoms with Gasteiger partial charge in [-0.2, -0.15) is 5.10 Å². The molecule has 25 heavy (non-hydrogen) atoms. The van der Waals surface area contributed by atoms with Crippen LogP contribution in [0.1, 0.15) is 34.8 Å². The summed E-state index contributed by atoms with van der Waals surface area (Å²) in [7, 11) is 0. The number of likely N-dealkylation sites (tertiary alicyclic amines) is 1. The number of piperidine rings is 1. The molecule has 4 rings (SSSR count). The van der Waals surface area contributed by atoms with E-state index in [0.717, 1.165) is 36.3 Å². The minimum Gasteiger partial charge on any atom is -0.338 e. The second-order valence-electron chi connectivity index (χ2n) is 6.41. The minimum absolute atomic E-state index is 0.0561. The number of pyridine rings is 1. The molecule has 1 atom stereocenters. The molecule has 1 amide bonds. The zero-order valence-electron chi connectivity index (χ0n) is 13.9. The summed E-state index contributed by atoms with van der Waals surface area (Å²) in [4.78, 5) is 18.6. The van der Waals surface area contributed by atoms with Gasteiger partial charge in [-0.3, -0.25) is 14.9 Å². The molecule has 1 aliphatic rings. The summed E-state index contributed by atoms with van der Waals surface area (Å²) >= 11 is 0. The van der Waals surface area contributed by atoms with E-state index >= 15 is 0 Å². The fraction of sp³-hybridized carbons (Fsp3) is 0.250. The summed E-state index contributed by atoms with van der Waals surface area (Å²) in [6.07, 6.45) is 5.38. The van der Waals surface area contributed by atoms with Crippen LogP contribution in [0.4, 0.5) is 0 Å². The molecule has 1 fully saturated rings. The number of nitrogens with zero attached hydrogens (tertiary/aromatic N) is 3.